The van der Waals surface area contributed by atoms with Crippen LogP contribution in [0.2, 0.25) is 0 Å². The summed E-state index contributed by atoms with van der Waals surface area (Å²) in [5.74, 6) is 0.252. The quantitative estimate of drug-likeness (QED) is 0.882. The van der Waals surface area contributed by atoms with Gasteiger partial charge >= 0.3 is 0 Å². The molecule has 0 unspecified atom stereocenters. The molecule has 1 N–H and O–H groups in total. The van der Waals surface area contributed by atoms with E-state index in [1.165, 1.54) is 25.0 Å². The van der Waals surface area contributed by atoms with Crippen molar-refractivity contribution in [3.8, 4) is 5.69 Å². The number of aliphatic hydroxyl groups excluding tert-OH is 1. The molecule has 88 valence electrons. The summed E-state index contributed by atoms with van der Waals surface area (Å²) >= 11 is 0. The fraction of sp³-hybridized carbons (Fsp3) is 0.308. The van der Waals surface area contributed by atoms with E-state index in [2.05, 4.69) is 5.10 Å². The van der Waals surface area contributed by atoms with Crippen molar-refractivity contribution >= 4 is 0 Å². The maximum absolute atomic E-state index is 13.1. The largest absolute Gasteiger partial charge is 0.392 e. The minimum atomic E-state index is -0.340. The Hall–Kier alpha value is -1.68. The Labute approximate surface area is 98.5 Å². The lowest BCUT2D eigenvalue weighted by molar-refractivity contribution is 0.280. The van der Waals surface area contributed by atoms with Crippen molar-refractivity contribution in [2.24, 2.45) is 0 Å². The molecule has 0 amide bonds. The first-order valence-corrected chi connectivity index (χ1v) is 5.73. The molecule has 4 heteroatoms. The van der Waals surface area contributed by atoms with Gasteiger partial charge in [0, 0.05) is 17.7 Å². The first-order valence-electron chi connectivity index (χ1n) is 5.73. The van der Waals surface area contributed by atoms with Crippen LogP contribution in [0.25, 0.3) is 5.69 Å². The highest BCUT2D eigenvalue weighted by Gasteiger charge is 2.26. The molecule has 2 aromatic rings. The maximum Gasteiger partial charge on any atom is 0.123 e. The highest BCUT2D eigenvalue weighted by Crippen LogP contribution is 2.39. The summed E-state index contributed by atoms with van der Waals surface area (Å²) < 4.78 is 14.8. The van der Waals surface area contributed by atoms with Gasteiger partial charge in [0.25, 0.3) is 0 Å². The first-order chi connectivity index (χ1) is 8.28. The lowest BCUT2D eigenvalue weighted by Crippen LogP contribution is -2.01. The summed E-state index contributed by atoms with van der Waals surface area (Å²) in [6, 6.07) is 6.35. The molecule has 3 rings (SSSR count). The molecule has 0 bridgehead atoms. The van der Waals surface area contributed by atoms with Gasteiger partial charge < -0.3 is 5.11 Å². The standard InChI is InChI=1S/C13H13FN2O/c14-11-3-4-13(10(7-11)8-17)16-6-5-12(15-16)9-1-2-9/h3-7,9,17H,1-2,8H2. The highest BCUT2D eigenvalue weighted by molar-refractivity contribution is 5.40. The van der Waals surface area contributed by atoms with Crippen LogP contribution in [-0.2, 0) is 6.61 Å². The van der Waals surface area contributed by atoms with Crippen molar-refractivity contribution in [3.63, 3.8) is 0 Å². The topological polar surface area (TPSA) is 38.0 Å². The van der Waals surface area contributed by atoms with Gasteiger partial charge in [0.15, 0.2) is 0 Å². The Morgan fingerprint density at radius 1 is 1.35 bits per heavy atom. The predicted molar refractivity (Wildman–Crippen MR) is 61.4 cm³/mol. The van der Waals surface area contributed by atoms with E-state index in [1.54, 1.807) is 10.7 Å². The molecule has 17 heavy (non-hydrogen) atoms. The second kappa shape index (κ2) is 3.96. The molecule has 0 spiro atoms. The van der Waals surface area contributed by atoms with Gasteiger partial charge in [-0.1, -0.05) is 0 Å². The predicted octanol–water partition coefficient (Wildman–Crippen LogP) is 2.38. The Morgan fingerprint density at radius 2 is 2.18 bits per heavy atom. The van der Waals surface area contributed by atoms with Crippen LogP contribution in [-0.4, -0.2) is 14.9 Å². The van der Waals surface area contributed by atoms with E-state index in [1.807, 2.05) is 12.3 Å². The third-order valence-corrected chi connectivity index (χ3v) is 3.06. The molecule has 1 aliphatic rings. The number of rotatable bonds is 3. The van der Waals surface area contributed by atoms with E-state index in [4.69, 9.17) is 0 Å². The molecule has 0 radical (unpaired) electrons. The lowest BCUT2D eigenvalue weighted by atomic mass is 10.2. The van der Waals surface area contributed by atoms with E-state index < -0.39 is 0 Å². The molecule has 1 aromatic carbocycles. The third-order valence-electron chi connectivity index (χ3n) is 3.06. The van der Waals surface area contributed by atoms with Crippen LogP contribution in [0, 0.1) is 5.82 Å². The summed E-state index contributed by atoms with van der Waals surface area (Å²) in [6.07, 6.45) is 4.26. The summed E-state index contributed by atoms with van der Waals surface area (Å²) in [4.78, 5) is 0. The number of aliphatic hydroxyl groups is 1. The number of hydrogen-bond donors (Lipinski definition) is 1. The second-order valence-electron chi connectivity index (χ2n) is 4.39. The summed E-state index contributed by atoms with van der Waals surface area (Å²) in [5.41, 5.74) is 2.37. The van der Waals surface area contributed by atoms with E-state index in [-0.39, 0.29) is 12.4 Å². The zero-order valence-electron chi connectivity index (χ0n) is 9.31. The van der Waals surface area contributed by atoms with Crippen LogP contribution in [0.4, 0.5) is 4.39 Å². The number of hydrogen-bond acceptors (Lipinski definition) is 2. The molecule has 1 aromatic heterocycles. The summed E-state index contributed by atoms with van der Waals surface area (Å²) in [7, 11) is 0. The van der Waals surface area contributed by atoms with Crippen molar-refractivity contribution in [3.05, 3.63) is 47.5 Å². The molecular weight excluding hydrogens is 219 g/mol. The van der Waals surface area contributed by atoms with Crippen LogP contribution in [0.15, 0.2) is 30.5 Å². The monoisotopic (exact) mass is 232 g/mol. The van der Waals surface area contributed by atoms with Crippen LogP contribution in [0.5, 0.6) is 0 Å². The van der Waals surface area contributed by atoms with Crippen molar-refractivity contribution < 1.29 is 9.50 Å². The molecule has 0 aliphatic heterocycles. The fourth-order valence-electron chi connectivity index (χ4n) is 1.97. The number of nitrogens with zero attached hydrogens (tertiary/aromatic N) is 2. The Kier molecular flexibility index (Phi) is 2.44. The normalized spacial score (nSPS) is 15.2. The maximum atomic E-state index is 13.1. The van der Waals surface area contributed by atoms with Crippen molar-refractivity contribution in [2.75, 3.05) is 0 Å². The van der Waals surface area contributed by atoms with Crippen molar-refractivity contribution in [1.29, 1.82) is 0 Å². The smallest absolute Gasteiger partial charge is 0.123 e. The lowest BCUT2D eigenvalue weighted by Gasteiger charge is -2.07. The SMILES string of the molecule is OCc1cc(F)ccc1-n1ccc(C2CC2)n1. The van der Waals surface area contributed by atoms with Crippen LogP contribution in [0.1, 0.15) is 30.0 Å². The van der Waals surface area contributed by atoms with Gasteiger partial charge in [-0.3, -0.25) is 0 Å². The van der Waals surface area contributed by atoms with Gasteiger partial charge in [-0.2, -0.15) is 5.10 Å². The molecule has 1 heterocycles. The first kappa shape index (κ1) is 10.5. The van der Waals surface area contributed by atoms with Crippen molar-refractivity contribution in [1.82, 2.24) is 9.78 Å². The number of aromatic nitrogens is 2. The zero-order valence-corrected chi connectivity index (χ0v) is 9.31. The average Bonchev–Trinajstić information content (AvgIpc) is 3.08. The molecule has 1 fully saturated rings. The van der Waals surface area contributed by atoms with Gasteiger partial charge in [-0.15, -0.1) is 0 Å². The van der Waals surface area contributed by atoms with E-state index >= 15 is 0 Å². The van der Waals surface area contributed by atoms with Gasteiger partial charge in [-0.25, -0.2) is 9.07 Å². The third kappa shape index (κ3) is 1.96. The van der Waals surface area contributed by atoms with Gasteiger partial charge in [0.2, 0.25) is 0 Å². The summed E-state index contributed by atoms with van der Waals surface area (Å²) in [5, 5.41) is 13.7. The molecular formula is C13H13FN2O. The zero-order chi connectivity index (χ0) is 11.8. The molecule has 1 aliphatic carbocycles. The number of benzene rings is 1. The Morgan fingerprint density at radius 3 is 2.88 bits per heavy atom. The molecule has 0 saturated heterocycles. The average molecular weight is 232 g/mol. The van der Waals surface area contributed by atoms with E-state index in [9.17, 15) is 9.50 Å². The van der Waals surface area contributed by atoms with Crippen molar-refractivity contribution in [2.45, 2.75) is 25.4 Å². The summed E-state index contributed by atoms with van der Waals surface area (Å²) in [6.45, 7) is -0.189. The molecule has 0 atom stereocenters. The Bertz CT molecular complexity index is 546. The van der Waals surface area contributed by atoms with E-state index in [0.717, 1.165) is 11.4 Å². The fourth-order valence-corrected chi connectivity index (χ4v) is 1.97. The second-order valence-corrected chi connectivity index (χ2v) is 4.39. The minimum Gasteiger partial charge on any atom is -0.392 e. The van der Waals surface area contributed by atoms with Gasteiger partial charge in [0.05, 0.1) is 18.0 Å². The minimum absolute atomic E-state index is 0.189. The Balaban J connectivity index is 2.01. The van der Waals surface area contributed by atoms with Gasteiger partial charge in [0.1, 0.15) is 5.82 Å². The van der Waals surface area contributed by atoms with Crippen LogP contribution in [0.3, 0.4) is 0 Å². The number of halogens is 1. The molecule has 1 saturated carbocycles. The highest BCUT2D eigenvalue weighted by atomic mass is 19.1. The van der Waals surface area contributed by atoms with Crippen LogP contribution < -0.4 is 0 Å². The van der Waals surface area contributed by atoms with Gasteiger partial charge in [-0.05, 0) is 37.1 Å². The van der Waals surface area contributed by atoms with E-state index in [0.29, 0.717) is 11.5 Å². The van der Waals surface area contributed by atoms with Crippen LogP contribution >= 0.6 is 0 Å². The molecule has 3 nitrogen and oxygen atoms in total.